The number of nitrogens with zero attached hydrogens (tertiary/aromatic N) is 1. The highest BCUT2D eigenvalue weighted by molar-refractivity contribution is 7.99. The van der Waals surface area contributed by atoms with Gasteiger partial charge >= 0.3 is 5.97 Å². The highest BCUT2D eigenvalue weighted by Gasteiger charge is 2.18. The van der Waals surface area contributed by atoms with Crippen LogP contribution in [-0.2, 0) is 10.5 Å². The average Bonchev–Trinajstić information content (AvgIpc) is 3.04. The first-order valence-electron chi connectivity index (χ1n) is 7.74. The van der Waals surface area contributed by atoms with Gasteiger partial charge in [-0.3, -0.25) is 9.36 Å². The van der Waals surface area contributed by atoms with E-state index < -0.39 is 5.97 Å². The molecule has 4 nitrogen and oxygen atoms in total. The number of hydrogen-bond donors (Lipinski definition) is 0. The van der Waals surface area contributed by atoms with Crippen LogP contribution in [0.15, 0.2) is 48.7 Å². The predicted molar refractivity (Wildman–Crippen MR) is 107 cm³/mol. The Hall–Kier alpha value is -1.95. The van der Waals surface area contributed by atoms with E-state index in [2.05, 4.69) is 0 Å². The Morgan fingerprint density at radius 2 is 1.88 bits per heavy atom. The molecule has 0 bridgehead atoms. The molecule has 0 atom stereocenters. The number of para-hydroxylation sites is 1. The summed E-state index contributed by atoms with van der Waals surface area (Å²) >= 11 is 13.4. The lowest BCUT2D eigenvalue weighted by molar-refractivity contribution is 0.0603. The second-order valence-electron chi connectivity index (χ2n) is 5.56. The van der Waals surface area contributed by atoms with E-state index in [0.29, 0.717) is 32.3 Å². The van der Waals surface area contributed by atoms with Crippen molar-refractivity contribution in [1.29, 1.82) is 0 Å². The lowest BCUT2D eigenvalue weighted by Gasteiger charge is -2.05. The Morgan fingerprint density at radius 3 is 2.62 bits per heavy atom. The molecule has 134 valence electrons. The third-order valence-electron chi connectivity index (χ3n) is 3.86. The van der Waals surface area contributed by atoms with Gasteiger partial charge in [-0.05, 0) is 23.8 Å². The smallest absolute Gasteiger partial charge is 0.340 e. The van der Waals surface area contributed by atoms with Gasteiger partial charge in [0, 0.05) is 17.3 Å². The van der Waals surface area contributed by atoms with E-state index >= 15 is 0 Å². The third kappa shape index (κ3) is 3.90. The molecular weight excluding hydrogens is 393 g/mol. The predicted octanol–water partition coefficient (Wildman–Crippen LogP) is 5.31. The number of aromatic nitrogens is 1. The zero-order valence-electron chi connectivity index (χ0n) is 13.9. The molecule has 1 heterocycles. The largest absolute Gasteiger partial charge is 0.465 e. The highest BCUT2D eigenvalue weighted by Crippen LogP contribution is 2.26. The maximum absolute atomic E-state index is 12.6. The molecule has 3 rings (SSSR count). The summed E-state index contributed by atoms with van der Waals surface area (Å²) in [6, 6.07) is 12.7. The van der Waals surface area contributed by atoms with E-state index in [1.807, 2.05) is 24.3 Å². The zero-order chi connectivity index (χ0) is 18.7. The first-order chi connectivity index (χ1) is 12.5. The lowest BCUT2D eigenvalue weighted by Crippen LogP contribution is -2.12. The summed E-state index contributed by atoms with van der Waals surface area (Å²) in [6.07, 6.45) is 1.54. The number of ether oxygens (including phenoxy) is 1. The van der Waals surface area contributed by atoms with Crippen molar-refractivity contribution >= 4 is 57.7 Å². The molecule has 1 aromatic heterocycles. The molecule has 0 N–H and O–H groups in total. The normalized spacial score (nSPS) is 10.9. The average molecular weight is 408 g/mol. The molecule has 0 aliphatic rings. The van der Waals surface area contributed by atoms with E-state index in [-0.39, 0.29) is 11.7 Å². The molecule has 0 saturated carbocycles. The lowest BCUT2D eigenvalue weighted by atomic mass is 10.2. The Kier molecular flexibility index (Phi) is 5.91. The first kappa shape index (κ1) is 18.8. The second kappa shape index (κ2) is 8.16. The van der Waals surface area contributed by atoms with Crippen molar-refractivity contribution in [2.75, 3.05) is 12.9 Å². The van der Waals surface area contributed by atoms with Gasteiger partial charge in [-0.25, -0.2) is 4.79 Å². The number of methoxy groups -OCH3 is 1. The molecule has 2 aromatic carbocycles. The van der Waals surface area contributed by atoms with Crippen LogP contribution in [0.2, 0.25) is 10.0 Å². The standard InChI is InChI=1S/C19H15Cl2NO3S/c1-25-19(24)14-9-22(17-5-3-2-4-13(14)17)18(23)11-26-10-12-6-7-15(20)16(21)8-12/h2-9H,10-11H2,1H3. The van der Waals surface area contributed by atoms with E-state index in [0.717, 1.165) is 5.56 Å². The van der Waals surface area contributed by atoms with Gasteiger partial charge in [0.15, 0.2) is 0 Å². The van der Waals surface area contributed by atoms with Gasteiger partial charge in [-0.2, -0.15) is 0 Å². The number of fused-ring (bicyclic) bond motifs is 1. The molecule has 0 unspecified atom stereocenters. The van der Waals surface area contributed by atoms with Crippen LogP contribution in [0.5, 0.6) is 0 Å². The molecule has 7 heteroatoms. The quantitative estimate of drug-likeness (QED) is 0.537. The van der Waals surface area contributed by atoms with Gasteiger partial charge in [0.2, 0.25) is 5.91 Å². The minimum Gasteiger partial charge on any atom is -0.465 e. The van der Waals surface area contributed by atoms with Crippen LogP contribution in [0.3, 0.4) is 0 Å². The van der Waals surface area contributed by atoms with Crippen LogP contribution in [0, 0.1) is 0 Å². The van der Waals surface area contributed by atoms with Crippen LogP contribution in [0.4, 0.5) is 0 Å². The Balaban J connectivity index is 1.75. The van der Waals surface area contributed by atoms with Crippen LogP contribution < -0.4 is 0 Å². The van der Waals surface area contributed by atoms with Gasteiger partial charge in [-0.1, -0.05) is 47.5 Å². The number of halogens is 2. The summed E-state index contributed by atoms with van der Waals surface area (Å²) < 4.78 is 6.31. The number of carbonyl (C=O) groups is 2. The maximum atomic E-state index is 12.6. The van der Waals surface area contributed by atoms with Crippen molar-refractivity contribution in [1.82, 2.24) is 4.57 Å². The molecule has 0 fully saturated rings. The van der Waals surface area contributed by atoms with Crippen molar-refractivity contribution in [3.63, 3.8) is 0 Å². The van der Waals surface area contributed by atoms with Crippen molar-refractivity contribution in [2.24, 2.45) is 0 Å². The van der Waals surface area contributed by atoms with Crippen molar-refractivity contribution in [3.05, 3.63) is 69.8 Å². The van der Waals surface area contributed by atoms with Gasteiger partial charge in [0.25, 0.3) is 0 Å². The van der Waals surface area contributed by atoms with E-state index in [1.165, 1.54) is 23.4 Å². The van der Waals surface area contributed by atoms with Crippen molar-refractivity contribution in [2.45, 2.75) is 5.75 Å². The number of carbonyl (C=O) groups excluding carboxylic acids is 2. The van der Waals surface area contributed by atoms with Crippen molar-refractivity contribution in [3.8, 4) is 0 Å². The Bertz CT molecular complexity index is 984. The minimum atomic E-state index is -0.462. The summed E-state index contributed by atoms with van der Waals surface area (Å²) in [5.41, 5.74) is 2.06. The summed E-state index contributed by atoms with van der Waals surface area (Å²) in [7, 11) is 1.32. The van der Waals surface area contributed by atoms with Crippen LogP contribution >= 0.6 is 35.0 Å². The van der Waals surface area contributed by atoms with Gasteiger partial charge in [-0.15, -0.1) is 11.8 Å². The fourth-order valence-electron chi connectivity index (χ4n) is 2.61. The fourth-order valence-corrected chi connectivity index (χ4v) is 3.77. The minimum absolute atomic E-state index is 0.110. The number of esters is 1. The molecule has 0 aliphatic heterocycles. The Labute approximate surface area is 165 Å². The SMILES string of the molecule is COC(=O)c1cn(C(=O)CSCc2ccc(Cl)c(Cl)c2)c2ccccc12. The molecule has 0 saturated heterocycles. The monoisotopic (exact) mass is 407 g/mol. The van der Waals surface area contributed by atoms with Crippen LogP contribution in [0.25, 0.3) is 10.9 Å². The van der Waals surface area contributed by atoms with E-state index in [1.54, 1.807) is 24.4 Å². The number of rotatable bonds is 5. The topological polar surface area (TPSA) is 48.3 Å². The summed E-state index contributed by atoms with van der Waals surface area (Å²) in [4.78, 5) is 24.6. The molecular formula is C19H15Cl2NO3S. The fraction of sp³-hybridized carbons (Fsp3) is 0.158. The summed E-state index contributed by atoms with van der Waals surface area (Å²) in [5, 5.41) is 1.70. The van der Waals surface area contributed by atoms with Gasteiger partial charge in [0.1, 0.15) is 0 Å². The molecule has 26 heavy (non-hydrogen) atoms. The second-order valence-corrected chi connectivity index (χ2v) is 7.36. The van der Waals surface area contributed by atoms with Crippen LogP contribution in [0.1, 0.15) is 20.7 Å². The summed E-state index contributed by atoms with van der Waals surface area (Å²) in [6.45, 7) is 0. The zero-order valence-corrected chi connectivity index (χ0v) is 16.2. The van der Waals surface area contributed by atoms with Gasteiger partial charge in [0.05, 0.1) is 34.0 Å². The van der Waals surface area contributed by atoms with E-state index in [9.17, 15) is 9.59 Å². The highest BCUT2D eigenvalue weighted by atomic mass is 35.5. The molecule has 3 aromatic rings. The summed E-state index contributed by atoms with van der Waals surface area (Å²) in [5.74, 6) is 0.322. The number of hydrogen-bond acceptors (Lipinski definition) is 4. The molecule has 0 spiro atoms. The van der Waals surface area contributed by atoms with Crippen LogP contribution in [-0.4, -0.2) is 29.3 Å². The number of thioether (sulfide) groups is 1. The maximum Gasteiger partial charge on any atom is 0.340 e. The third-order valence-corrected chi connectivity index (χ3v) is 5.59. The molecule has 0 aliphatic carbocycles. The van der Waals surface area contributed by atoms with Crippen molar-refractivity contribution < 1.29 is 14.3 Å². The molecule has 0 amide bonds. The Morgan fingerprint density at radius 1 is 1.12 bits per heavy atom. The molecule has 0 radical (unpaired) electrons. The first-order valence-corrected chi connectivity index (χ1v) is 9.65. The van der Waals surface area contributed by atoms with Gasteiger partial charge < -0.3 is 4.74 Å². The number of benzene rings is 2. The van der Waals surface area contributed by atoms with E-state index in [4.69, 9.17) is 27.9 Å².